The molecule has 0 fully saturated rings. The first-order chi connectivity index (χ1) is 5.69. The highest BCUT2D eigenvalue weighted by atomic mass is 35.5. The van der Waals surface area contributed by atoms with E-state index in [4.69, 9.17) is 16.2 Å². The van der Waals surface area contributed by atoms with Crippen LogP contribution in [0.3, 0.4) is 0 Å². The first-order valence-electron chi connectivity index (χ1n) is 4.08. The summed E-state index contributed by atoms with van der Waals surface area (Å²) in [5, 5.41) is 0. The fourth-order valence-electron chi connectivity index (χ4n) is 1.24. The lowest BCUT2D eigenvalue weighted by Crippen LogP contribution is -2.54. The van der Waals surface area contributed by atoms with Crippen molar-refractivity contribution in [3.05, 3.63) is 24.3 Å². The Kier molecular flexibility index (Phi) is 5.25. The molecule has 4 heteroatoms. The zero-order chi connectivity index (χ0) is 9.03. The zero-order valence-electron chi connectivity index (χ0n) is 7.77. The monoisotopic (exact) mass is 204 g/mol. The number of hydrogen-bond donors (Lipinski definition) is 2. The Balaban J connectivity index is 0.00000144. The van der Waals surface area contributed by atoms with Crippen molar-refractivity contribution in [1.29, 1.82) is 0 Å². The van der Waals surface area contributed by atoms with E-state index in [1.165, 1.54) is 0 Å². The van der Waals surface area contributed by atoms with Crippen LogP contribution in [0.2, 0.25) is 0 Å². The van der Waals surface area contributed by atoms with Crippen LogP contribution in [0, 0.1) is 0 Å². The number of nitrogens with two attached hydrogens (primary N) is 2. The van der Waals surface area contributed by atoms with Gasteiger partial charge in [0.25, 0.3) is 0 Å². The van der Waals surface area contributed by atoms with Gasteiger partial charge < -0.3 is 16.2 Å². The second-order valence-electron chi connectivity index (χ2n) is 3.12. The minimum atomic E-state index is -0.426. The summed E-state index contributed by atoms with van der Waals surface area (Å²) in [7, 11) is 1.66. The molecule has 0 aromatic heterocycles. The van der Waals surface area contributed by atoms with Gasteiger partial charge in [0.05, 0.1) is 5.54 Å². The second kappa shape index (κ2) is 5.40. The van der Waals surface area contributed by atoms with Crippen LogP contribution < -0.4 is 11.5 Å². The van der Waals surface area contributed by atoms with Crippen molar-refractivity contribution < 1.29 is 4.74 Å². The Bertz CT molecular complexity index is 206. The third kappa shape index (κ3) is 3.12. The van der Waals surface area contributed by atoms with Gasteiger partial charge in [-0.15, -0.1) is 12.4 Å². The zero-order valence-corrected chi connectivity index (χ0v) is 8.59. The first-order valence-corrected chi connectivity index (χ1v) is 4.08. The van der Waals surface area contributed by atoms with E-state index in [2.05, 4.69) is 0 Å². The van der Waals surface area contributed by atoms with E-state index in [0.29, 0.717) is 6.61 Å². The Morgan fingerprint density at radius 1 is 1.46 bits per heavy atom. The van der Waals surface area contributed by atoms with Gasteiger partial charge in [0.1, 0.15) is 0 Å². The van der Waals surface area contributed by atoms with Crippen molar-refractivity contribution in [2.75, 3.05) is 13.7 Å². The average molecular weight is 205 g/mol. The molecule has 0 aromatic carbocycles. The van der Waals surface area contributed by atoms with E-state index >= 15 is 0 Å². The van der Waals surface area contributed by atoms with Gasteiger partial charge >= 0.3 is 0 Å². The minimum absolute atomic E-state index is 0. The lowest BCUT2D eigenvalue weighted by atomic mass is 9.85. The van der Waals surface area contributed by atoms with Crippen LogP contribution in [0.15, 0.2) is 24.3 Å². The van der Waals surface area contributed by atoms with Gasteiger partial charge in [-0.1, -0.05) is 24.3 Å². The van der Waals surface area contributed by atoms with Gasteiger partial charge in [-0.3, -0.25) is 0 Å². The number of rotatable bonds is 3. The van der Waals surface area contributed by atoms with Crippen LogP contribution in [-0.2, 0) is 4.74 Å². The van der Waals surface area contributed by atoms with E-state index in [0.717, 1.165) is 6.42 Å². The molecule has 13 heavy (non-hydrogen) atoms. The topological polar surface area (TPSA) is 61.3 Å². The van der Waals surface area contributed by atoms with Crippen molar-refractivity contribution >= 4 is 12.4 Å². The molecule has 1 aliphatic rings. The molecule has 0 saturated heterocycles. The Hall–Kier alpha value is -0.350. The summed E-state index contributed by atoms with van der Waals surface area (Å²) in [6.07, 6.45) is 8.46. The van der Waals surface area contributed by atoms with Gasteiger partial charge in [0.2, 0.25) is 0 Å². The molecule has 76 valence electrons. The highest BCUT2D eigenvalue weighted by molar-refractivity contribution is 5.85. The molecule has 0 aromatic rings. The second-order valence-corrected chi connectivity index (χ2v) is 3.12. The molecular formula is C9H17ClN2O. The molecule has 1 aliphatic carbocycles. The Labute approximate surface area is 85.2 Å². The van der Waals surface area contributed by atoms with Gasteiger partial charge in [0, 0.05) is 19.8 Å². The molecular weight excluding hydrogens is 188 g/mol. The minimum Gasteiger partial charge on any atom is -0.385 e. The highest BCUT2D eigenvalue weighted by Crippen LogP contribution is 2.17. The molecule has 0 spiro atoms. The average Bonchev–Trinajstić information content (AvgIpc) is 2.07. The summed E-state index contributed by atoms with van der Waals surface area (Å²) in [6.45, 7) is 0.641. The maximum Gasteiger partial charge on any atom is 0.0554 e. The van der Waals surface area contributed by atoms with Gasteiger partial charge in [-0.25, -0.2) is 0 Å². The maximum atomic E-state index is 6.05. The molecule has 4 N–H and O–H groups in total. The third-order valence-corrected chi connectivity index (χ3v) is 2.20. The maximum absolute atomic E-state index is 6.05. The number of methoxy groups -OCH3 is 1. The van der Waals surface area contributed by atoms with E-state index in [-0.39, 0.29) is 18.4 Å². The Morgan fingerprint density at radius 2 is 2.15 bits per heavy atom. The van der Waals surface area contributed by atoms with Crippen LogP contribution in [0.25, 0.3) is 0 Å². The van der Waals surface area contributed by atoms with Gasteiger partial charge in [-0.05, 0) is 6.42 Å². The molecule has 0 bridgehead atoms. The summed E-state index contributed by atoms with van der Waals surface area (Å²) in [4.78, 5) is 0. The van der Waals surface area contributed by atoms with Crippen molar-refractivity contribution in [3.8, 4) is 0 Å². The summed E-state index contributed by atoms with van der Waals surface area (Å²) in [5.41, 5.74) is 11.5. The molecule has 2 atom stereocenters. The summed E-state index contributed by atoms with van der Waals surface area (Å²) in [6, 6.07) is -0.0994. The largest absolute Gasteiger partial charge is 0.385 e. The van der Waals surface area contributed by atoms with Gasteiger partial charge in [0.15, 0.2) is 0 Å². The SMILES string of the molecule is COCCC1(N)C=CC=CC1N.Cl. The van der Waals surface area contributed by atoms with Crippen molar-refractivity contribution in [2.24, 2.45) is 11.5 Å². The number of allylic oxidation sites excluding steroid dienone is 2. The summed E-state index contributed by atoms with van der Waals surface area (Å²) < 4.78 is 4.96. The molecule has 3 nitrogen and oxygen atoms in total. The fraction of sp³-hybridized carbons (Fsp3) is 0.556. The summed E-state index contributed by atoms with van der Waals surface area (Å²) >= 11 is 0. The summed E-state index contributed by atoms with van der Waals surface area (Å²) in [5.74, 6) is 0. The van der Waals surface area contributed by atoms with E-state index in [1.807, 2.05) is 24.3 Å². The molecule has 0 aliphatic heterocycles. The molecule has 1 rings (SSSR count). The predicted octanol–water partition coefficient (Wildman–Crippen LogP) is 0.596. The van der Waals surface area contributed by atoms with E-state index < -0.39 is 5.54 Å². The van der Waals surface area contributed by atoms with E-state index in [1.54, 1.807) is 7.11 Å². The quantitative estimate of drug-likeness (QED) is 0.708. The van der Waals surface area contributed by atoms with Crippen molar-refractivity contribution in [1.82, 2.24) is 0 Å². The smallest absolute Gasteiger partial charge is 0.0554 e. The van der Waals surface area contributed by atoms with Crippen LogP contribution >= 0.6 is 12.4 Å². The lowest BCUT2D eigenvalue weighted by molar-refractivity contribution is 0.174. The first kappa shape index (κ1) is 12.7. The standard InChI is InChI=1S/C9H16N2O.ClH/c1-12-7-6-9(11)5-3-2-4-8(9)10;/h2-5,8H,6-7,10-11H2,1H3;1H. The third-order valence-electron chi connectivity index (χ3n) is 2.20. The number of halogens is 1. The van der Waals surface area contributed by atoms with Crippen LogP contribution in [0.4, 0.5) is 0 Å². The van der Waals surface area contributed by atoms with Gasteiger partial charge in [-0.2, -0.15) is 0 Å². The fourth-order valence-corrected chi connectivity index (χ4v) is 1.24. The van der Waals surface area contributed by atoms with Crippen LogP contribution in [-0.4, -0.2) is 25.3 Å². The molecule has 0 radical (unpaired) electrons. The lowest BCUT2D eigenvalue weighted by Gasteiger charge is -2.32. The van der Waals surface area contributed by atoms with E-state index in [9.17, 15) is 0 Å². The van der Waals surface area contributed by atoms with Crippen molar-refractivity contribution in [3.63, 3.8) is 0 Å². The Morgan fingerprint density at radius 3 is 2.69 bits per heavy atom. The number of ether oxygens (including phenoxy) is 1. The normalized spacial score (nSPS) is 31.5. The molecule has 0 amide bonds. The van der Waals surface area contributed by atoms with Crippen LogP contribution in [0.5, 0.6) is 0 Å². The van der Waals surface area contributed by atoms with Crippen molar-refractivity contribution in [2.45, 2.75) is 18.0 Å². The van der Waals surface area contributed by atoms with Crippen LogP contribution in [0.1, 0.15) is 6.42 Å². The predicted molar refractivity (Wildman–Crippen MR) is 56.9 cm³/mol. The molecule has 2 unspecified atom stereocenters. The molecule has 0 heterocycles. The highest BCUT2D eigenvalue weighted by Gasteiger charge is 2.28. The number of hydrogen-bond acceptors (Lipinski definition) is 3. The molecule has 0 saturated carbocycles.